The molecular weight excluding hydrogens is 284 g/mol. The molecule has 128 valence electrons. The fourth-order valence-electron chi connectivity index (χ4n) is 3.98. The van der Waals surface area contributed by atoms with Crippen molar-refractivity contribution in [3.8, 4) is 11.5 Å². The van der Waals surface area contributed by atoms with E-state index in [2.05, 4.69) is 13.8 Å². The Kier molecular flexibility index (Phi) is 4.62. The molecule has 23 heavy (non-hydrogen) atoms. The first kappa shape index (κ1) is 16.7. The van der Waals surface area contributed by atoms with Crippen LogP contribution >= 0.6 is 0 Å². The van der Waals surface area contributed by atoms with E-state index >= 15 is 0 Å². The Balaban J connectivity index is 1.59. The molecule has 0 aliphatic heterocycles. The number of phenolic OH excluding ortho intramolecular Hbond substituents is 2. The molecule has 2 N–H and O–H groups in total. The molecule has 2 nitrogen and oxygen atoms in total. The summed E-state index contributed by atoms with van der Waals surface area (Å²) < 4.78 is 0. The number of aromatic hydroxyl groups is 2. The first-order chi connectivity index (χ1) is 11.0. The summed E-state index contributed by atoms with van der Waals surface area (Å²) in [5.41, 5.74) is 3.44. The van der Waals surface area contributed by atoms with Crippen molar-refractivity contribution >= 4 is 0 Å². The summed E-state index contributed by atoms with van der Waals surface area (Å²) in [5, 5.41) is 20.1. The van der Waals surface area contributed by atoms with Crippen molar-refractivity contribution in [3.63, 3.8) is 0 Å². The SMILES string of the molecule is CCC1(CCCc2cc(O)cc(O)c2CCCC2(C)CC2)CC1. The van der Waals surface area contributed by atoms with Crippen molar-refractivity contribution in [2.24, 2.45) is 10.8 Å². The van der Waals surface area contributed by atoms with Crippen LogP contribution in [0.1, 0.15) is 82.8 Å². The summed E-state index contributed by atoms with van der Waals surface area (Å²) in [6.45, 7) is 4.67. The number of aryl methyl sites for hydroxylation is 1. The van der Waals surface area contributed by atoms with E-state index in [1.54, 1.807) is 0 Å². The van der Waals surface area contributed by atoms with Gasteiger partial charge >= 0.3 is 0 Å². The second-order valence-electron chi connectivity index (χ2n) is 8.47. The molecule has 2 fully saturated rings. The second kappa shape index (κ2) is 6.37. The third-order valence-corrected chi connectivity index (χ3v) is 6.47. The Morgan fingerprint density at radius 1 is 0.957 bits per heavy atom. The van der Waals surface area contributed by atoms with Gasteiger partial charge in [0.2, 0.25) is 0 Å². The lowest BCUT2D eigenvalue weighted by molar-refractivity contribution is 0.427. The molecule has 2 heteroatoms. The highest BCUT2D eigenvalue weighted by molar-refractivity contribution is 5.45. The van der Waals surface area contributed by atoms with E-state index in [-0.39, 0.29) is 11.5 Å². The van der Waals surface area contributed by atoms with Crippen LogP contribution in [0.5, 0.6) is 11.5 Å². The lowest BCUT2D eigenvalue weighted by atomic mass is 9.91. The van der Waals surface area contributed by atoms with Crippen LogP contribution < -0.4 is 0 Å². The monoisotopic (exact) mass is 316 g/mol. The molecule has 2 aliphatic rings. The molecule has 0 unspecified atom stereocenters. The topological polar surface area (TPSA) is 40.5 Å². The average molecular weight is 316 g/mol. The quantitative estimate of drug-likeness (QED) is 0.610. The molecule has 3 rings (SSSR count). The molecule has 0 heterocycles. The van der Waals surface area contributed by atoms with E-state index in [0.717, 1.165) is 30.4 Å². The van der Waals surface area contributed by atoms with Crippen molar-refractivity contribution in [2.45, 2.75) is 84.5 Å². The Morgan fingerprint density at radius 2 is 1.65 bits per heavy atom. The van der Waals surface area contributed by atoms with E-state index < -0.39 is 0 Å². The summed E-state index contributed by atoms with van der Waals surface area (Å²) in [6, 6.07) is 3.38. The molecule has 2 aliphatic carbocycles. The Hall–Kier alpha value is -1.18. The molecule has 2 saturated carbocycles. The van der Waals surface area contributed by atoms with Gasteiger partial charge in [-0.05, 0) is 92.2 Å². The third kappa shape index (κ3) is 4.22. The first-order valence-electron chi connectivity index (χ1n) is 9.49. The average Bonchev–Trinajstić information content (AvgIpc) is 3.41. The van der Waals surface area contributed by atoms with Gasteiger partial charge in [-0.25, -0.2) is 0 Å². The highest BCUT2D eigenvalue weighted by Crippen LogP contribution is 2.52. The molecule has 0 atom stereocenters. The van der Waals surface area contributed by atoms with Crippen LogP contribution in [0.25, 0.3) is 0 Å². The molecule has 1 aromatic carbocycles. The summed E-state index contributed by atoms with van der Waals surface area (Å²) in [7, 11) is 0. The number of benzene rings is 1. The van der Waals surface area contributed by atoms with Crippen LogP contribution in [-0.4, -0.2) is 10.2 Å². The maximum absolute atomic E-state index is 10.3. The minimum absolute atomic E-state index is 0.201. The molecular formula is C21H32O2. The van der Waals surface area contributed by atoms with Gasteiger partial charge in [0.05, 0.1) is 0 Å². The molecule has 0 amide bonds. The molecule has 0 radical (unpaired) electrons. The van der Waals surface area contributed by atoms with Crippen LogP contribution in [0.4, 0.5) is 0 Å². The highest BCUT2D eigenvalue weighted by atomic mass is 16.3. The maximum Gasteiger partial charge on any atom is 0.122 e. The van der Waals surface area contributed by atoms with Gasteiger partial charge in [0.15, 0.2) is 0 Å². The number of hydrogen-bond donors (Lipinski definition) is 2. The third-order valence-electron chi connectivity index (χ3n) is 6.47. The first-order valence-corrected chi connectivity index (χ1v) is 9.49. The zero-order valence-corrected chi connectivity index (χ0v) is 14.8. The van der Waals surface area contributed by atoms with E-state index in [4.69, 9.17) is 0 Å². The Bertz CT molecular complexity index is 553. The Labute approximate surface area is 140 Å². The van der Waals surface area contributed by atoms with E-state index in [0.29, 0.717) is 10.8 Å². The smallest absolute Gasteiger partial charge is 0.122 e. The van der Waals surface area contributed by atoms with Crippen molar-refractivity contribution in [2.75, 3.05) is 0 Å². The lowest BCUT2D eigenvalue weighted by Crippen LogP contribution is -2.02. The zero-order chi connectivity index (χ0) is 16.5. The minimum atomic E-state index is 0.201. The van der Waals surface area contributed by atoms with Crippen LogP contribution in [0.2, 0.25) is 0 Å². The number of phenols is 2. The fourth-order valence-corrected chi connectivity index (χ4v) is 3.98. The zero-order valence-electron chi connectivity index (χ0n) is 14.8. The van der Waals surface area contributed by atoms with Gasteiger partial charge in [-0.15, -0.1) is 0 Å². The van der Waals surface area contributed by atoms with E-state index in [9.17, 15) is 10.2 Å². The van der Waals surface area contributed by atoms with E-state index in [1.165, 1.54) is 57.4 Å². The van der Waals surface area contributed by atoms with Crippen LogP contribution in [0.15, 0.2) is 12.1 Å². The van der Waals surface area contributed by atoms with Crippen molar-refractivity contribution in [1.29, 1.82) is 0 Å². The predicted molar refractivity (Wildman–Crippen MR) is 94.9 cm³/mol. The number of rotatable bonds is 9. The Morgan fingerprint density at radius 3 is 2.26 bits per heavy atom. The summed E-state index contributed by atoms with van der Waals surface area (Å²) >= 11 is 0. The number of hydrogen-bond acceptors (Lipinski definition) is 2. The molecule has 0 aromatic heterocycles. The van der Waals surface area contributed by atoms with Crippen LogP contribution in [-0.2, 0) is 12.8 Å². The van der Waals surface area contributed by atoms with Crippen molar-refractivity contribution < 1.29 is 10.2 Å². The fraction of sp³-hybridized carbons (Fsp3) is 0.714. The van der Waals surface area contributed by atoms with E-state index in [1.807, 2.05) is 6.07 Å². The molecule has 0 spiro atoms. The lowest BCUT2D eigenvalue weighted by Gasteiger charge is -2.16. The summed E-state index contributed by atoms with van der Waals surface area (Å²) in [6.07, 6.45) is 13.6. The summed E-state index contributed by atoms with van der Waals surface area (Å²) in [5.74, 6) is 0.490. The van der Waals surface area contributed by atoms with Gasteiger partial charge in [-0.3, -0.25) is 0 Å². The normalized spacial score (nSPS) is 20.4. The highest BCUT2D eigenvalue weighted by Gasteiger charge is 2.39. The minimum Gasteiger partial charge on any atom is -0.508 e. The maximum atomic E-state index is 10.3. The van der Waals surface area contributed by atoms with Crippen LogP contribution in [0, 0.1) is 10.8 Å². The molecule has 1 aromatic rings. The molecule has 0 saturated heterocycles. The largest absolute Gasteiger partial charge is 0.508 e. The predicted octanol–water partition coefficient (Wildman–Crippen LogP) is 5.73. The van der Waals surface area contributed by atoms with Gasteiger partial charge in [-0.2, -0.15) is 0 Å². The van der Waals surface area contributed by atoms with Gasteiger partial charge in [0, 0.05) is 6.07 Å². The summed E-state index contributed by atoms with van der Waals surface area (Å²) in [4.78, 5) is 0. The molecule has 0 bridgehead atoms. The van der Waals surface area contributed by atoms with Gasteiger partial charge in [0.1, 0.15) is 11.5 Å². The van der Waals surface area contributed by atoms with Crippen molar-refractivity contribution in [1.82, 2.24) is 0 Å². The van der Waals surface area contributed by atoms with Gasteiger partial charge in [0.25, 0.3) is 0 Å². The van der Waals surface area contributed by atoms with Gasteiger partial charge < -0.3 is 10.2 Å². The van der Waals surface area contributed by atoms with Crippen molar-refractivity contribution in [3.05, 3.63) is 23.3 Å². The standard InChI is InChI=1S/C21H32O2/c1-3-21(12-13-21)9-4-6-16-14-17(22)15-19(23)18(16)7-5-8-20(2)10-11-20/h14-15,22-23H,3-13H2,1-2H3. The second-order valence-corrected chi connectivity index (χ2v) is 8.47. The van der Waals surface area contributed by atoms with Crippen LogP contribution in [0.3, 0.4) is 0 Å². The van der Waals surface area contributed by atoms with Gasteiger partial charge in [-0.1, -0.05) is 20.3 Å².